The molecule has 292 valence electrons. The molecular formula is C34H24O22. The van der Waals surface area contributed by atoms with Crippen molar-refractivity contribution >= 4 is 41.5 Å². The number of ketones is 1. The second-order valence-electron chi connectivity index (χ2n) is 12.6. The molecule has 3 aromatic rings. The molecule has 13 N–H and O–H groups in total. The molecular weight excluding hydrogens is 760 g/mol. The quantitative estimate of drug-likeness (QED) is 0.0562. The number of aromatic hydroxyl groups is 8. The molecule has 3 aromatic carbocycles. The van der Waals surface area contributed by atoms with E-state index in [1.165, 1.54) is 0 Å². The Morgan fingerprint density at radius 2 is 1.34 bits per heavy atom. The number of aliphatic hydroxyl groups is 5. The van der Waals surface area contributed by atoms with Crippen molar-refractivity contribution in [1.29, 1.82) is 0 Å². The number of allylic oxidation sites excluding steroid dienone is 2. The Balaban J connectivity index is 1.71. The number of esters is 3. The maximum Gasteiger partial charge on any atom is 0.344 e. The molecule has 6 bridgehead atoms. The number of aldehydes is 1. The van der Waals surface area contributed by atoms with Crippen molar-refractivity contribution in [2.75, 3.05) is 6.61 Å². The topological polar surface area (TPSA) is 385 Å². The molecule has 22 heteroatoms. The third-order valence-corrected chi connectivity index (χ3v) is 9.55. The van der Waals surface area contributed by atoms with E-state index in [4.69, 9.17) is 18.9 Å². The number of Topliss-reactive ketones (excluding diaryl/α,β-unsaturated/α-hetero) is 1. The monoisotopic (exact) mass is 784 g/mol. The van der Waals surface area contributed by atoms with E-state index in [0.717, 1.165) is 0 Å². The van der Waals surface area contributed by atoms with Crippen LogP contribution in [-0.2, 0) is 28.6 Å². The summed E-state index contributed by atoms with van der Waals surface area (Å²) in [6.45, 7) is -1.36. The number of phenolic OH excluding ortho intramolecular Hbond substituents is 8. The first kappa shape index (κ1) is 36.9. The van der Waals surface area contributed by atoms with Gasteiger partial charge in [0.15, 0.2) is 52.6 Å². The Morgan fingerprint density at radius 1 is 0.714 bits per heavy atom. The molecule has 4 aliphatic rings. The first-order valence-electron chi connectivity index (χ1n) is 15.7. The minimum Gasteiger partial charge on any atom is -0.504 e. The molecule has 0 amide bonds. The first-order chi connectivity index (χ1) is 26.3. The van der Waals surface area contributed by atoms with Gasteiger partial charge >= 0.3 is 17.9 Å². The fourth-order valence-electron chi connectivity index (χ4n) is 6.99. The lowest BCUT2D eigenvalue weighted by Crippen LogP contribution is -2.49. The van der Waals surface area contributed by atoms with Gasteiger partial charge in [0.05, 0.1) is 22.3 Å². The smallest absolute Gasteiger partial charge is 0.344 e. The zero-order valence-electron chi connectivity index (χ0n) is 27.4. The average Bonchev–Trinajstić information content (AvgIpc) is 3.16. The van der Waals surface area contributed by atoms with Crippen LogP contribution < -0.4 is 15.2 Å². The number of benzene rings is 3. The minimum atomic E-state index is -2.54. The first-order valence-corrected chi connectivity index (χ1v) is 15.7. The fourth-order valence-corrected chi connectivity index (χ4v) is 6.99. The number of cyclic esters (lactones) is 1. The molecule has 3 aliphatic heterocycles. The zero-order valence-corrected chi connectivity index (χ0v) is 27.4. The maximum atomic E-state index is 14.0. The highest BCUT2D eigenvalue weighted by atomic mass is 16.6. The van der Waals surface area contributed by atoms with Crippen molar-refractivity contribution in [3.63, 3.8) is 0 Å². The van der Waals surface area contributed by atoms with Gasteiger partial charge in [-0.1, -0.05) is 0 Å². The van der Waals surface area contributed by atoms with Crippen LogP contribution >= 0.6 is 0 Å². The van der Waals surface area contributed by atoms with E-state index >= 15 is 0 Å². The Labute approximate surface area is 307 Å². The van der Waals surface area contributed by atoms with E-state index < -0.39 is 180 Å². The van der Waals surface area contributed by atoms with Gasteiger partial charge in [0, 0.05) is 27.5 Å². The SMILES string of the molecule is O=CC(O)C(O)C1O/C(O)=c2/cc(O)c(O)c(O)/c2=C2/C(=O)C(O)=C3OC(=O)c4c(c(O)c(O)c5c4C3C2C(=O)O5)-c2c(cc(O)c(O)c2O)C(=O)OCC1O. The highest BCUT2D eigenvalue weighted by Gasteiger charge is 2.57. The zero-order chi connectivity index (χ0) is 41.0. The summed E-state index contributed by atoms with van der Waals surface area (Å²) in [5.41, 5.74) is -6.08. The largest absolute Gasteiger partial charge is 0.504 e. The fraction of sp³-hybridized carbons (Fsp3) is 0.206. The number of hydrogen-bond acceptors (Lipinski definition) is 22. The number of ether oxygens (including phenoxy) is 4. The average molecular weight is 785 g/mol. The molecule has 0 saturated heterocycles. The van der Waals surface area contributed by atoms with Gasteiger partial charge in [0.25, 0.3) is 5.95 Å². The highest BCUT2D eigenvalue weighted by molar-refractivity contribution is 6.29. The van der Waals surface area contributed by atoms with Gasteiger partial charge in [-0.05, 0) is 12.1 Å². The number of rotatable bonds is 3. The maximum absolute atomic E-state index is 14.0. The molecule has 56 heavy (non-hydrogen) atoms. The third-order valence-electron chi connectivity index (χ3n) is 9.55. The molecule has 7 rings (SSSR count). The van der Waals surface area contributed by atoms with Crippen molar-refractivity contribution in [2.45, 2.75) is 30.3 Å². The molecule has 6 unspecified atom stereocenters. The predicted octanol–water partition coefficient (Wildman–Crippen LogP) is -2.55. The van der Waals surface area contributed by atoms with Gasteiger partial charge in [-0.25, -0.2) is 9.59 Å². The van der Waals surface area contributed by atoms with Gasteiger partial charge in [0.2, 0.25) is 28.8 Å². The van der Waals surface area contributed by atoms with Crippen molar-refractivity contribution in [3.8, 4) is 62.9 Å². The summed E-state index contributed by atoms with van der Waals surface area (Å²) in [4.78, 5) is 66.7. The molecule has 1 aliphatic carbocycles. The van der Waals surface area contributed by atoms with Crippen LogP contribution in [0.2, 0.25) is 0 Å². The summed E-state index contributed by atoms with van der Waals surface area (Å²) in [6, 6.07) is 0.831. The Morgan fingerprint density at radius 3 is 2.00 bits per heavy atom. The van der Waals surface area contributed by atoms with Gasteiger partial charge < -0.3 is 90.1 Å². The van der Waals surface area contributed by atoms with E-state index in [1.54, 1.807) is 0 Å². The standard InChI is InChI=1S/C34H24O22/c35-3-9(38)21(42)28-10(39)4-53-31(49)5-1-7(36)19(40)22(43)11(5)13-17-15-16-18(34(52)56-29(15)26(47)24(13)45)14(25(46)27(48)30(16)55-33(17)51)12-6(32(50)54-28)2-8(37)20(41)23(12)44/h1-3,9-10,16,18,21,28,36-45,47-48,50H,4H2/b14-12+,32-6-. The Bertz CT molecular complexity index is 2530. The van der Waals surface area contributed by atoms with Crippen LogP contribution in [0.1, 0.15) is 32.2 Å². The summed E-state index contributed by atoms with van der Waals surface area (Å²) in [5, 5.41) is 139. The molecule has 6 atom stereocenters. The van der Waals surface area contributed by atoms with Crippen molar-refractivity contribution in [1.82, 2.24) is 0 Å². The molecule has 0 spiro atoms. The van der Waals surface area contributed by atoms with Crippen LogP contribution in [0.15, 0.2) is 23.7 Å². The molecule has 0 aromatic heterocycles. The number of phenols is 8. The highest BCUT2D eigenvalue weighted by Crippen LogP contribution is 2.62. The lowest BCUT2D eigenvalue weighted by atomic mass is 9.68. The van der Waals surface area contributed by atoms with Crippen LogP contribution in [0, 0.1) is 5.92 Å². The number of aliphatic hydroxyl groups excluding tert-OH is 5. The van der Waals surface area contributed by atoms with E-state index in [9.17, 15) is 90.4 Å². The van der Waals surface area contributed by atoms with E-state index in [-0.39, 0.29) is 6.29 Å². The number of hydrogen-bond donors (Lipinski definition) is 13. The summed E-state index contributed by atoms with van der Waals surface area (Å²) in [6.07, 6.45) is -10.1. The summed E-state index contributed by atoms with van der Waals surface area (Å²) in [5.74, 6) is -27.2. The van der Waals surface area contributed by atoms with Crippen molar-refractivity contribution in [3.05, 3.63) is 50.8 Å². The van der Waals surface area contributed by atoms with Gasteiger partial charge in [-0.3, -0.25) is 9.59 Å². The minimum absolute atomic E-state index is 0.255. The second kappa shape index (κ2) is 12.6. The summed E-state index contributed by atoms with van der Waals surface area (Å²) in [7, 11) is 0. The van der Waals surface area contributed by atoms with E-state index in [1.807, 2.05) is 0 Å². The van der Waals surface area contributed by atoms with Crippen LogP contribution in [0.3, 0.4) is 0 Å². The van der Waals surface area contributed by atoms with Gasteiger partial charge in [0.1, 0.15) is 30.8 Å². The van der Waals surface area contributed by atoms with Gasteiger partial charge in [-0.15, -0.1) is 0 Å². The van der Waals surface area contributed by atoms with Crippen molar-refractivity contribution < 1.29 is 109 Å². The molecule has 0 fully saturated rings. The molecule has 22 nitrogen and oxygen atoms in total. The lowest BCUT2D eigenvalue weighted by Gasteiger charge is -2.40. The normalized spacial score (nSPS) is 24.6. The van der Waals surface area contributed by atoms with Crippen LogP contribution in [-0.4, -0.2) is 127 Å². The molecule has 0 radical (unpaired) electrons. The molecule has 0 saturated carbocycles. The Hall–Kier alpha value is -7.43. The summed E-state index contributed by atoms with van der Waals surface area (Å²) >= 11 is 0. The number of carbonyl (C=O) groups excluding carboxylic acids is 5. The second-order valence-corrected chi connectivity index (χ2v) is 12.6. The van der Waals surface area contributed by atoms with E-state index in [2.05, 4.69) is 0 Å². The third kappa shape index (κ3) is 4.96. The van der Waals surface area contributed by atoms with Crippen LogP contribution in [0.4, 0.5) is 0 Å². The number of carbonyl (C=O) groups is 5. The molecule has 3 heterocycles. The predicted molar refractivity (Wildman–Crippen MR) is 172 cm³/mol. The van der Waals surface area contributed by atoms with Crippen molar-refractivity contribution in [2.24, 2.45) is 5.92 Å². The van der Waals surface area contributed by atoms with Crippen LogP contribution in [0.5, 0.6) is 51.7 Å². The summed E-state index contributed by atoms with van der Waals surface area (Å²) < 4.78 is 20.8. The van der Waals surface area contributed by atoms with E-state index in [0.29, 0.717) is 12.1 Å². The number of fused-ring (bicyclic) bond motifs is 3. The van der Waals surface area contributed by atoms with Crippen LogP contribution in [0.25, 0.3) is 22.6 Å². The Kier molecular flexibility index (Phi) is 8.29. The lowest BCUT2D eigenvalue weighted by molar-refractivity contribution is -0.140. The van der Waals surface area contributed by atoms with Gasteiger partial charge in [-0.2, -0.15) is 0 Å².